The van der Waals surface area contributed by atoms with Crippen molar-refractivity contribution in [2.24, 2.45) is 0 Å². The molecule has 0 aromatic heterocycles. The highest BCUT2D eigenvalue weighted by Gasteiger charge is 2.47. The Morgan fingerprint density at radius 3 is 2.57 bits per heavy atom. The van der Waals surface area contributed by atoms with Gasteiger partial charge in [0.1, 0.15) is 17.8 Å². The van der Waals surface area contributed by atoms with E-state index in [1.54, 1.807) is 26.0 Å². The number of hydrogen-bond acceptors (Lipinski definition) is 6. The van der Waals surface area contributed by atoms with Crippen LogP contribution in [0.3, 0.4) is 0 Å². The monoisotopic (exact) mass is 391 g/mol. The summed E-state index contributed by atoms with van der Waals surface area (Å²) in [5, 5.41) is 5.19. The van der Waals surface area contributed by atoms with Gasteiger partial charge in [-0.3, -0.25) is 19.3 Å². The van der Waals surface area contributed by atoms with Crippen molar-refractivity contribution < 1.29 is 28.7 Å². The van der Waals surface area contributed by atoms with Gasteiger partial charge in [-0.2, -0.15) is 0 Å². The van der Waals surface area contributed by atoms with Crippen LogP contribution in [0.1, 0.15) is 32.8 Å². The number of aryl methyl sites for hydroxylation is 1. The van der Waals surface area contributed by atoms with Crippen LogP contribution in [0.5, 0.6) is 5.75 Å². The largest absolute Gasteiger partial charge is 0.495 e. The number of ether oxygens (including phenoxy) is 2. The predicted molar refractivity (Wildman–Crippen MR) is 101 cm³/mol. The number of rotatable bonds is 7. The number of hydrogen-bond donors (Lipinski definition) is 2. The zero-order valence-electron chi connectivity index (χ0n) is 16.6. The molecule has 2 N–H and O–H groups in total. The molecule has 1 heterocycles. The summed E-state index contributed by atoms with van der Waals surface area (Å²) in [7, 11) is 1.48. The molecule has 1 aliphatic heterocycles. The molecule has 1 aromatic carbocycles. The lowest BCUT2D eigenvalue weighted by Crippen LogP contribution is -2.44. The van der Waals surface area contributed by atoms with Gasteiger partial charge in [0.2, 0.25) is 0 Å². The van der Waals surface area contributed by atoms with Gasteiger partial charge in [-0.15, -0.1) is 0 Å². The number of carbonyl (C=O) groups excluding carboxylic acids is 4. The summed E-state index contributed by atoms with van der Waals surface area (Å²) >= 11 is 0. The van der Waals surface area contributed by atoms with Crippen LogP contribution < -0.4 is 15.4 Å². The Morgan fingerprint density at radius 1 is 1.32 bits per heavy atom. The Hall–Kier alpha value is -3.10. The van der Waals surface area contributed by atoms with Crippen LogP contribution in [-0.2, 0) is 19.1 Å². The predicted octanol–water partition coefficient (Wildman–Crippen LogP) is 1.59. The summed E-state index contributed by atoms with van der Waals surface area (Å²) in [6.07, 6.45) is -0.740. The number of benzene rings is 1. The van der Waals surface area contributed by atoms with Crippen molar-refractivity contribution in [3.8, 4) is 5.75 Å². The Labute approximate surface area is 163 Å². The molecule has 9 nitrogen and oxygen atoms in total. The van der Waals surface area contributed by atoms with E-state index in [-0.39, 0.29) is 0 Å². The number of nitrogens with zero attached hydrogens (tertiary/aromatic N) is 1. The highest BCUT2D eigenvalue weighted by molar-refractivity contribution is 6.08. The summed E-state index contributed by atoms with van der Waals surface area (Å²) in [5.74, 6) is -1.45. The Balaban J connectivity index is 1.97. The van der Waals surface area contributed by atoms with Crippen LogP contribution in [0.25, 0.3) is 0 Å². The number of amides is 4. The molecule has 0 bridgehead atoms. The first-order chi connectivity index (χ1) is 13.1. The van der Waals surface area contributed by atoms with Gasteiger partial charge < -0.3 is 20.1 Å². The molecule has 1 aromatic rings. The maximum absolute atomic E-state index is 12.3. The van der Waals surface area contributed by atoms with Crippen molar-refractivity contribution in [3.63, 3.8) is 0 Å². The SMILES string of the molecule is CC[C@]1(C)NC(=O)N(CC(=O)O[C@H](C)C(=O)Nc2cc(C)ccc2OC)C1=O. The zero-order chi connectivity index (χ0) is 21.1. The molecule has 2 atom stereocenters. The maximum Gasteiger partial charge on any atom is 0.327 e. The zero-order valence-corrected chi connectivity index (χ0v) is 16.6. The van der Waals surface area contributed by atoms with Crippen molar-refractivity contribution in [3.05, 3.63) is 23.8 Å². The quantitative estimate of drug-likeness (QED) is 0.539. The number of anilines is 1. The highest BCUT2D eigenvalue weighted by atomic mass is 16.5. The molecule has 1 aliphatic rings. The summed E-state index contributed by atoms with van der Waals surface area (Å²) in [6.45, 7) is 6.04. The van der Waals surface area contributed by atoms with Gasteiger partial charge in [0.05, 0.1) is 12.8 Å². The molecule has 2 rings (SSSR count). The average Bonchev–Trinajstić information content (AvgIpc) is 2.85. The fourth-order valence-electron chi connectivity index (χ4n) is 2.70. The first-order valence-electron chi connectivity index (χ1n) is 8.90. The Kier molecular flexibility index (Phi) is 6.27. The van der Waals surface area contributed by atoms with E-state index in [0.717, 1.165) is 10.5 Å². The minimum absolute atomic E-state index is 0.389. The fourth-order valence-corrected chi connectivity index (χ4v) is 2.70. The van der Waals surface area contributed by atoms with Crippen LogP contribution in [0.2, 0.25) is 0 Å². The van der Waals surface area contributed by atoms with Crippen LogP contribution in [0.4, 0.5) is 10.5 Å². The summed E-state index contributed by atoms with van der Waals surface area (Å²) in [6, 6.07) is 4.61. The van der Waals surface area contributed by atoms with E-state index in [0.29, 0.717) is 17.9 Å². The van der Waals surface area contributed by atoms with E-state index in [9.17, 15) is 19.2 Å². The highest BCUT2D eigenvalue weighted by Crippen LogP contribution is 2.25. The number of esters is 1. The maximum atomic E-state index is 12.3. The lowest BCUT2D eigenvalue weighted by atomic mass is 9.99. The third-order valence-corrected chi connectivity index (χ3v) is 4.63. The molecule has 0 spiro atoms. The number of urea groups is 1. The molecule has 4 amide bonds. The minimum Gasteiger partial charge on any atom is -0.495 e. The normalized spacial score (nSPS) is 19.8. The summed E-state index contributed by atoms with van der Waals surface area (Å²) < 4.78 is 10.3. The van der Waals surface area contributed by atoms with Crippen LogP contribution in [0.15, 0.2) is 18.2 Å². The van der Waals surface area contributed by atoms with Crippen LogP contribution >= 0.6 is 0 Å². The van der Waals surface area contributed by atoms with Gasteiger partial charge >= 0.3 is 12.0 Å². The topological polar surface area (TPSA) is 114 Å². The minimum atomic E-state index is -1.13. The van der Waals surface area contributed by atoms with Gasteiger partial charge in [0.15, 0.2) is 6.10 Å². The molecule has 1 fully saturated rings. The second-order valence-electron chi connectivity index (χ2n) is 6.83. The van der Waals surface area contributed by atoms with E-state index in [1.807, 2.05) is 13.0 Å². The summed E-state index contributed by atoms with van der Waals surface area (Å²) in [5.41, 5.74) is 0.323. The first kappa shape index (κ1) is 21.2. The molecule has 28 heavy (non-hydrogen) atoms. The lowest BCUT2D eigenvalue weighted by molar-refractivity contribution is -0.155. The van der Waals surface area contributed by atoms with Crippen LogP contribution in [0, 0.1) is 6.92 Å². The summed E-state index contributed by atoms with van der Waals surface area (Å²) in [4.78, 5) is 49.5. The lowest BCUT2D eigenvalue weighted by Gasteiger charge is -2.19. The average molecular weight is 391 g/mol. The van der Waals surface area contributed by atoms with Crippen LogP contribution in [-0.4, -0.2) is 54.0 Å². The second-order valence-corrected chi connectivity index (χ2v) is 6.83. The van der Waals surface area contributed by atoms with Crippen molar-refractivity contribution in [1.82, 2.24) is 10.2 Å². The number of nitrogens with one attached hydrogen (secondary N) is 2. The van der Waals surface area contributed by atoms with E-state index in [4.69, 9.17) is 9.47 Å². The van der Waals surface area contributed by atoms with Crippen molar-refractivity contribution >= 4 is 29.5 Å². The van der Waals surface area contributed by atoms with Gasteiger partial charge in [-0.05, 0) is 44.9 Å². The molecular formula is C19H25N3O6. The van der Waals surface area contributed by atoms with E-state index in [1.165, 1.54) is 14.0 Å². The molecule has 0 radical (unpaired) electrons. The molecule has 0 aliphatic carbocycles. The van der Waals surface area contributed by atoms with Gasteiger partial charge in [-0.25, -0.2) is 4.79 Å². The molecule has 9 heteroatoms. The number of carbonyl (C=O) groups is 4. The Morgan fingerprint density at radius 2 is 2.00 bits per heavy atom. The van der Waals surface area contributed by atoms with Gasteiger partial charge in [0.25, 0.3) is 11.8 Å². The first-order valence-corrected chi connectivity index (χ1v) is 8.90. The standard InChI is InChI=1S/C19H25N3O6/c1-6-19(4)17(25)22(18(26)21-19)10-15(23)28-12(3)16(24)20-13-9-11(2)7-8-14(13)27-5/h7-9,12H,6,10H2,1-5H3,(H,20,24)(H,21,26)/t12-,19+/m1/s1. The molecule has 0 saturated carbocycles. The molecule has 1 saturated heterocycles. The second kappa shape index (κ2) is 8.28. The number of methoxy groups -OCH3 is 1. The van der Waals surface area contributed by atoms with Gasteiger partial charge in [-0.1, -0.05) is 13.0 Å². The smallest absolute Gasteiger partial charge is 0.327 e. The van der Waals surface area contributed by atoms with E-state index in [2.05, 4.69) is 10.6 Å². The Bertz CT molecular complexity index is 809. The van der Waals surface area contributed by atoms with Gasteiger partial charge in [0, 0.05) is 0 Å². The van der Waals surface area contributed by atoms with Crippen molar-refractivity contribution in [2.45, 2.75) is 45.8 Å². The van der Waals surface area contributed by atoms with Crippen molar-refractivity contribution in [2.75, 3.05) is 19.0 Å². The number of imide groups is 1. The van der Waals surface area contributed by atoms with Crippen molar-refractivity contribution in [1.29, 1.82) is 0 Å². The molecule has 152 valence electrons. The molecule has 0 unspecified atom stereocenters. The van der Waals surface area contributed by atoms with E-state index >= 15 is 0 Å². The third-order valence-electron chi connectivity index (χ3n) is 4.63. The third kappa shape index (κ3) is 4.41. The fraction of sp³-hybridized carbons (Fsp3) is 0.474. The molecular weight excluding hydrogens is 366 g/mol. The van der Waals surface area contributed by atoms with E-state index < -0.39 is 42.0 Å².